The van der Waals surface area contributed by atoms with Crippen molar-refractivity contribution in [1.29, 1.82) is 0 Å². The lowest BCUT2D eigenvalue weighted by molar-refractivity contribution is -0.120. The third-order valence-corrected chi connectivity index (χ3v) is 7.09. The van der Waals surface area contributed by atoms with Gasteiger partial charge < -0.3 is 10.1 Å². The molecule has 30 heavy (non-hydrogen) atoms. The van der Waals surface area contributed by atoms with Crippen LogP contribution in [-0.2, 0) is 27.8 Å². The van der Waals surface area contributed by atoms with Gasteiger partial charge in [0.2, 0.25) is 15.9 Å². The highest BCUT2D eigenvalue weighted by Crippen LogP contribution is 2.31. The number of hydrogen-bond donors (Lipinski definition) is 1. The van der Waals surface area contributed by atoms with Crippen molar-refractivity contribution in [3.8, 4) is 5.75 Å². The molecule has 1 atom stereocenters. The van der Waals surface area contributed by atoms with Crippen molar-refractivity contribution in [2.24, 2.45) is 0 Å². The van der Waals surface area contributed by atoms with Crippen molar-refractivity contribution in [1.82, 2.24) is 4.31 Å². The number of nitrogens with zero attached hydrogens (tertiary/aromatic N) is 1. The molecule has 0 spiro atoms. The number of ether oxygens (including phenoxy) is 1. The highest BCUT2D eigenvalue weighted by Gasteiger charge is 2.39. The van der Waals surface area contributed by atoms with Crippen LogP contribution < -0.4 is 10.1 Å². The number of carbonyl (C=O) groups is 1. The smallest absolute Gasteiger partial charge is 0.244 e. The van der Waals surface area contributed by atoms with E-state index in [9.17, 15) is 13.2 Å². The zero-order valence-electron chi connectivity index (χ0n) is 16.5. The van der Waals surface area contributed by atoms with E-state index in [1.165, 1.54) is 11.4 Å². The maximum absolute atomic E-state index is 13.4. The largest absolute Gasteiger partial charge is 0.495 e. The Bertz CT molecular complexity index is 1160. The topological polar surface area (TPSA) is 75.7 Å². The van der Waals surface area contributed by atoms with Crippen LogP contribution in [0.4, 0.5) is 5.69 Å². The molecule has 1 aliphatic heterocycles. The van der Waals surface area contributed by atoms with E-state index in [0.29, 0.717) is 17.9 Å². The number of benzene rings is 3. The minimum atomic E-state index is -3.87. The fraction of sp³-hybridized carbons (Fsp3) is 0.174. The van der Waals surface area contributed by atoms with Crippen molar-refractivity contribution < 1.29 is 17.9 Å². The Morgan fingerprint density at radius 2 is 1.57 bits per heavy atom. The standard InChI is InChI=1S/C23H22N2O4S/c1-29-22-14-8-7-13-20(22)24-23(26)21-15-17-9-5-6-10-18(17)16-25(21)30(27,28)19-11-3-2-4-12-19/h2-14,21H,15-16H2,1H3,(H,24,26)/t21-/m1/s1. The Hall–Kier alpha value is -3.16. The maximum atomic E-state index is 13.4. The predicted octanol–water partition coefficient (Wildman–Crippen LogP) is 3.45. The summed E-state index contributed by atoms with van der Waals surface area (Å²) in [4.78, 5) is 13.4. The lowest BCUT2D eigenvalue weighted by atomic mass is 9.95. The molecule has 0 bridgehead atoms. The van der Waals surface area contributed by atoms with Gasteiger partial charge in [0.25, 0.3) is 0 Å². The molecule has 1 amide bonds. The summed E-state index contributed by atoms with van der Waals surface area (Å²) < 4.78 is 33.4. The monoisotopic (exact) mass is 422 g/mol. The first-order valence-electron chi connectivity index (χ1n) is 9.58. The molecule has 154 valence electrons. The van der Waals surface area contributed by atoms with Gasteiger partial charge in [0.15, 0.2) is 0 Å². The van der Waals surface area contributed by atoms with Gasteiger partial charge in [-0.3, -0.25) is 4.79 Å². The number of sulfonamides is 1. The van der Waals surface area contributed by atoms with Gasteiger partial charge in [-0.05, 0) is 41.8 Å². The van der Waals surface area contributed by atoms with Crippen molar-refractivity contribution >= 4 is 21.6 Å². The summed E-state index contributed by atoms with van der Waals surface area (Å²) in [7, 11) is -2.34. The molecule has 0 saturated heterocycles. The molecule has 6 nitrogen and oxygen atoms in total. The zero-order chi connectivity index (χ0) is 21.1. The minimum absolute atomic E-state index is 0.136. The van der Waals surface area contributed by atoms with Crippen molar-refractivity contribution in [3.63, 3.8) is 0 Å². The van der Waals surface area contributed by atoms with Gasteiger partial charge in [0, 0.05) is 6.54 Å². The summed E-state index contributed by atoms with van der Waals surface area (Å²) >= 11 is 0. The van der Waals surface area contributed by atoms with Crippen LogP contribution in [0.2, 0.25) is 0 Å². The summed E-state index contributed by atoms with van der Waals surface area (Å²) in [5.74, 6) is 0.119. The highest BCUT2D eigenvalue weighted by atomic mass is 32.2. The Labute approximate surface area is 176 Å². The molecule has 0 aliphatic carbocycles. The minimum Gasteiger partial charge on any atom is -0.495 e. The Balaban J connectivity index is 1.72. The Morgan fingerprint density at radius 3 is 2.30 bits per heavy atom. The third-order valence-electron chi connectivity index (χ3n) is 5.22. The van der Waals surface area contributed by atoms with E-state index in [2.05, 4.69) is 5.32 Å². The van der Waals surface area contributed by atoms with Gasteiger partial charge in [0.1, 0.15) is 11.8 Å². The summed E-state index contributed by atoms with van der Waals surface area (Å²) in [6.07, 6.45) is 0.295. The van der Waals surface area contributed by atoms with E-state index in [-0.39, 0.29) is 11.4 Å². The summed E-state index contributed by atoms with van der Waals surface area (Å²) in [5.41, 5.74) is 2.37. The number of nitrogens with one attached hydrogen (secondary N) is 1. The van der Waals surface area contributed by atoms with Crippen LogP contribution in [0.1, 0.15) is 11.1 Å². The molecule has 4 rings (SSSR count). The molecule has 0 fully saturated rings. The molecule has 7 heteroatoms. The average molecular weight is 423 g/mol. The number of anilines is 1. The first-order chi connectivity index (χ1) is 14.5. The van der Waals surface area contributed by atoms with E-state index >= 15 is 0 Å². The van der Waals surface area contributed by atoms with Gasteiger partial charge in [-0.15, -0.1) is 0 Å². The second-order valence-electron chi connectivity index (χ2n) is 7.04. The van der Waals surface area contributed by atoms with Crippen LogP contribution in [-0.4, -0.2) is 31.8 Å². The molecule has 0 saturated carbocycles. The lowest BCUT2D eigenvalue weighted by Gasteiger charge is -2.35. The van der Waals surface area contributed by atoms with E-state index in [4.69, 9.17) is 4.74 Å². The van der Waals surface area contributed by atoms with Crippen molar-refractivity contribution in [2.75, 3.05) is 12.4 Å². The van der Waals surface area contributed by atoms with Gasteiger partial charge in [-0.1, -0.05) is 54.6 Å². The van der Waals surface area contributed by atoms with Crippen LogP contribution >= 0.6 is 0 Å². The van der Waals surface area contributed by atoms with Gasteiger partial charge in [-0.2, -0.15) is 4.31 Å². The molecule has 3 aromatic carbocycles. The van der Waals surface area contributed by atoms with Gasteiger partial charge >= 0.3 is 0 Å². The lowest BCUT2D eigenvalue weighted by Crippen LogP contribution is -2.50. The van der Waals surface area contributed by atoms with E-state index < -0.39 is 22.0 Å². The average Bonchev–Trinajstić information content (AvgIpc) is 2.79. The first-order valence-corrected chi connectivity index (χ1v) is 11.0. The maximum Gasteiger partial charge on any atom is 0.244 e. The Morgan fingerprint density at radius 1 is 0.933 bits per heavy atom. The molecular formula is C23H22N2O4S. The number of amides is 1. The number of methoxy groups -OCH3 is 1. The van der Waals surface area contributed by atoms with Crippen LogP contribution in [0.25, 0.3) is 0 Å². The second kappa shape index (κ2) is 8.30. The molecule has 1 N–H and O–H groups in total. The van der Waals surface area contributed by atoms with Crippen molar-refractivity contribution in [2.45, 2.75) is 23.9 Å². The Kier molecular flexibility index (Phi) is 5.57. The number of carbonyl (C=O) groups excluding carboxylic acids is 1. The number of hydrogen-bond acceptors (Lipinski definition) is 4. The molecule has 0 unspecified atom stereocenters. The first kappa shape index (κ1) is 20.1. The van der Waals surface area contributed by atoms with Crippen LogP contribution in [0, 0.1) is 0 Å². The summed E-state index contributed by atoms with van der Waals surface area (Å²) in [6.45, 7) is 0.136. The SMILES string of the molecule is COc1ccccc1NC(=O)[C@H]1Cc2ccccc2CN1S(=O)(=O)c1ccccc1. The molecular weight excluding hydrogens is 400 g/mol. The number of rotatable bonds is 5. The van der Waals surface area contributed by atoms with Gasteiger partial charge in [0.05, 0.1) is 17.7 Å². The molecule has 1 heterocycles. The van der Waals surface area contributed by atoms with Crippen LogP contribution in [0.5, 0.6) is 5.75 Å². The molecule has 3 aromatic rings. The normalized spacial score (nSPS) is 16.5. The van der Waals surface area contributed by atoms with Gasteiger partial charge in [-0.25, -0.2) is 8.42 Å². The number of para-hydroxylation sites is 2. The predicted molar refractivity (Wildman–Crippen MR) is 115 cm³/mol. The second-order valence-corrected chi connectivity index (χ2v) is 8.93. The van der Waals surface area contributed by atoms with E-state index in [1.54, 1.807) is 54.6 Å². The van der Waals surface area contributed by atoms with Crippen molar-refractivity contribution in [3.05, 3.63) is 90.0 Å². The summed E-state index contributed by atoms with van der Waals surface area (Å²) in [6, 6.07) is 22.0. The third kappa shape index (κ3) is 3.81. The molecule has 1 aliphatic rings. The molecule has 0 radical (unpaired) electrons. The zero-order valence-corrected chi connectivity index (χ0v) is 17.3. The van der Waals surface area contributed by atoms with E-state index in [1.807, 2.05) is 24.3 Å². The van der Waals surface area contributed by atoms with Crippen LogP contribution in [0.3, 0.4) is 0 Å². The fourth-order valence-corrected chi connectivity index (χ4v) is 5.25. The van der Waals surface area contributed by atoms with E-state index in [0.717, 1.165) is 11.1 Å². The van der Waals surface area contributed by atoms with Crippen LogP contribution in [0.15, 0.2) is 83.8 Å². The fourth-order valence-electron chi connectivity index (χ4n) is 3.67. The highest BCUT2D eigenvalue weighted by molar-refractivity contribution is 7.89. The molecule has 0 aromatic heterocycles. The quantitative estimate of drug-likeness (QED) is 0.683. The number of fused-ring (bicyclic) bond motifs is 1. The summed E-state index contributed by atoms with van der Waals surface area (Å²) in [5, 5.41) is 2.85.